The number of para-hydroxylation sites is 1. The fourth-order valence-corrected chi connectivity index (χ4v) is 8.87. The monoisotopic (exact) mass is 853 g/mol. The Bertz CT molecular complexity index is 2330. The quantitative estimate of drug-likeness (QED) is 0.139. The van der Waals surface area contributed by atoms with E-state index in [1.54, 1.807) is 0 Å². The molecule has 4 nitrogen and oxygen atoms in total. The summed E-state index contributed by atoms with van der Waals surface area (Å²) in [5.41, 5.74) is 8.12. The van der Waals surface area contributed by atoms with Crippen molar-refractivity contribution in [2.24, 2.45) is 0 Å². The first kappa shape index (κ1) is 35.5. The van der Waals surface area contributed by atoms with Gasteiger partial charge in [-0.1, -0.05) is 109 Å². The summed E-state index contributed by atoms with van der Waals surface area (Å²) in [6, 6.07) is 43.7. The van der Waals surface area contributed by atoms with Crippen LogP contribution in [0, 0.1) is 6.07 Å². The van der Waals surface area contributed by atoms with Crippen LogP contribution in [-0.4, -0.2) is 27.7 Å². The van der Waals surface area contributed by atoms with E-state index in [0.717, 1.165) is 61.0 Å². The Hall–Kier alpha value is -4.31. The second-order valence-corrected chi connectivity index (χ2v) is 20.0. The molecule has 7 rings (SSSR count). The predicted molar refractivity (Wildman–Crippen MR) is 208 cm³/mol. The Kier molecular flexibility index (Phi) is 9.30. The average molecular weight is 854 g/mol. The number of aromatic hydroxyl groups is 1. The first-order valence-corrected chi connectivity index (χ1v) is 20.1. The topological polar surface area (TPSA) is 50.9 Å². The number of benzene rings is 4. The molecule has 1 N–H and O–H groups in total. The zero-order valence-corrected chi connectivity index (χ0v) is 33.3. The molecule has 0 saturated heterocycles. The number of nitrogens with zero attached hydrogens (tertiary/aromatic N) is 3. The molecule has 0 aliphatic rings. The minimum Gasteiger partial charge on any atom is -0.505 e. The summed E-state index contributed by atoms with van der Waals surface area (Å²) in [6.07, 6.45) is 0. The van der Waals surface area contributed by atoms with E-state index < -0.39 is 8.07 Å². The average Bonchev–Trinajstić information content (AvgIpc) is 3.41. The number of hydrogen-bond acceptors (Lipinski definition) is 3. The molecule has 0 fully saturated rings. The summed E-state index contributed by atoms with van der Waals surface area (Å²) in [5.74, 6) is 0.286. The minimum absolute atomic E-state index is 0. The summed E-state index contributed by atoms with van der Waals surface area (Å²) in [6.45, 7) is 17.8. The second kappa shape index (κ2) is 13.1. The third-order valence-corrected chi connectivity index (χ3v) is 12.9. The summed E-state index contributed by atoms with van der Waals surface area (Å²) >= 11 is 0. The molecule has 0 amide bonds. The standard InChI is InChI=1S/C44H44N3OSi.Pt/c1-43(2,3)31-27-35(44(4,5)6)41(48)39(28-31)47-38-22-16-15-21-33(38)34-23-24-36(46-42(34)47)37-25-30(29-17-11-9-12-18-29)26-40(45-37)49(7,8)32-19-13-10-14-20-32;/h9-19,21-28,48H,1-8H3;/q-1;. The third kappa shape index (κ3) is 6.38. The number of fused-ring (bicyclic) bond motifs is 3. The molecule has 3 heterocycles. The maximum Gasteiger partial charge on any atom is 0.146 e. The van der Waals surface area contributed by atoms with Crippen molar-refractivity contribution in [3.63, 3.8) is 0 Å². The van der Waals surface area contributed by atoms with Crippen LogP contribution in [-0.2, 0) is 31.9 Å². The molecule has 50 heavy (non-hydrogen) atoms. The van der Waals surface area contributed by atoms with Crippen LogP contribution in [0.2, 0.25) is 13.1 Å². The minimum atomic E-state index is -2.22. The predicted octanol–water partition coefficient (Wildman–Crippen LogP) is 9.83. The van der Waals surface area contributed by atoms with Gasteiger partial charge in [0.05, 0.1) is 22.6 Å². The van der Waals surface area contributed by atoms with Gasteiger partial charge in [0, 0.05) is 42.7 Å². The number of pyridine rings is 2. The molecule has 0 bridgehead atoms. The molecular formula is C44H44N3OPtSi-. The van der Waals surface area contributed by atoms with Gasteiger partial charge < -0.3 is 5.11 Å². The Morgan fingerprint density at radius 1 is 0.660 bits per heavy atom. The Balaban J connectivity index is 0.00000432. The maximum absolute atomic E-state index is 12.0. The molecule has 0 aliphatic heterocycles. The van der Waals surface area contributed by atoms with Crippen LogP contribution in [0.15, 0.2) is 115 Å². The van der Waals surface area contributed by atoms with Gasteiger partial charge in [-0.15, -0.1) is 0 Å². The van der Waals surface area contributed by atoms with Gasteiger partial charge in [-0.2, -0.15) is 35.5 Å². The van der Waals surface area contributed by atoms with Gasteiger partial charge in [0.2, 0.25) is 0 Å². The van der Waals surface area contributed by atoms with Crippen molar-refractivity contribution in [1.29, 1.82) is 0 Å². The Morgan fingerprint density at radius 2 is 1.36 bits per heavy atom. The molecule has 0 spiro atoms. The normalized spacial score (nSPS) is 12.3. The van der Waals surface area contributed by atoms with Crippen LogP contribution in [0.4, 0.5) is 0 Å². The zero-order chi connectivity index (χ0) is 34.7. The van der Waals surface area contributed by atoms with E-state index in [0.29, 0.717) is 0 Å². The first-order valence-electron chi connectivity index (χ1n) is 17.1. The summed E-state index contributed by atoms with van der Waals surface area (Å²) < 4.78 is 2.15. The van der Waals surface area contributed by atoms with Gasteiger partial charge in [-0.05, 0) is 63.9 Å². The zero-order valence-electron chi connectivity index (χ0n) is 30.1. The van der Waals surface area contributed by atoms with Crippen LogP contribution < -0.4 is 10.5 Å². The van der Waals surface area contributed by atoms with Crippen LogP contribution in [0.25, 0.3) is 50.1 Å². The van der Waals surface area contributed by atoms with Gasteiger partial charge in [0.15, 0.2) is 0 Å². The molecule has 7 aromatic rings. The van der Waals surface area contributed by atoms with Gasteiger partial charge in [-0.3, -0.25) is 9.55 Å². The summed E-state index contributed by atoms with van der Waals surface area (Å²) in [7, 11) is -2.22. The second-order valence-electron chi connectivity index (χ2n) is 15.7. The van der Waals surface area contributed by atoms with Crippen LogP contribution in [0.5, 0.6) is 5.75 Å². The molecule has 0 radical (unpaired) electrons. The number of phenolic OH excluding ortho intramolecular Hbond substituents is 1. The van der Waals surface area contributed by atoms with Gasteiger partial charge in [-0.25, -0.2) is 4.98 Å². The van der Waals surface area contributed by atoms with Crippen molar-refractivity contribution in [2.75, 3.05) is 0 Å². The fourth-order valence-electron chi connectivity index (χ4n) is 6.72. The summed E-state index contributed by atoms with van der Waals surface area (Å²) in [4.78, 5) is 10.8. The van der Waals surface area contributed by atoms with Gasteiger partial charge in [0.1, 0.15) is 19.5 Å². The molecule has 0 aliphatic carbocycles. The Labute approximate surface area is 311 Å². The molecule has 0 unspecified atom stereocenters. The van der Waals surface area contributed by atoms with E-state index in [1.807, 2.05) is 18.2 Å². The molecule has 3 aromatic heterocycles. The van der Waals surface area contributed by atoms with Gasteiger partial charge in [0.25, 0.3) is 0 Å². The van der Waals surface area contributed by atoms with Crippen molar-refractivity contribution in [1.82, 2.24) is 14.5 Å². The van der Waals surface area contributed by atoms with E-state index in [9.17, 15) is 5.11 Å². The van der Waals surface area contributed by atoms with Crippen molar-refractivity contribution in [3.05, 3.63) is 132 Å². The SMILES string of the molecule is CC(C)(C)c1cc(-n2c3ccccc3c3ccc(-c4cc(-c5ccccc5)cc([Si](C)(C)c5[c-]cccc5)n4)nc32)c(O)c(C(C)(C)C)c1.[Pt]. The van der Waals surface area contributed by atoms with E-state index in [2.05, 4.69) is 162 Å². The smallest absolute Gasteiger partial charge is 0.146 e. The molecule has 256 valence electrons. The van der Waals surface area contributed by atoms with Crippen molar-refractivity contribution in [3.8, 4) is 34.0 Å². The van der Waals surface area contributed by atoms with E-state index >= 15 is 0 Å². The van der Waals surface area contributed by atoms with E-state index in [4.69, 9.17) is 9.97 Å². The van der Waals surface area contributed by atoms with Crippen LogP contribution >= 0.6 is 0 Å². The van der Waals surface area contributed by atoms with Crippen LogP contribution in [0.1, 0.15) is 52.7 Å². The van der Waals surface area contributed by atoms with E-state index in [1.165, 1.54) is 10.8 Å². The largest absolute Gasteiger partial charge is 0.505 e. The molecule has 0 saturated carbocycles. The Morgan fingerprint density at radius 3 is 2.04 bits per heavy atom. The van der Waals surface area contributed by atoms with Crippen LogP contribution in [0.3, 0.4) is 0 Å². The number of aromatic nitrogens is 3. The van der Waals surface area contributed by atoms with Crippen molar-refractivity contribution in [2.45, 2.75) is 65.5 Å². The molecule has 0 atom stereocenters. The van der Waals surface area contributed by atoms with Crippen molar-refractivity contribution >= 4 is 40.5 Å². The molecular weight excluding hydrogens is 810 g/mol. The van der Waals surface area contributed by atoms with Crippen molar-refractivity contribution < 1.29 is 26.2 Å². The number of hydrogen-bond donors (Lipinski definition) is 1. The molecule has 4 aromatic carbocycles. The number of rotatable bonds is 5. The first-order chi connectivity index (χ1) is 23.2. The van der Waals surface area contributed by atoms with E-state index in [-0.39, 0.29) is 37.6 Å². The molecule has 6 heteroatoms. The summed E-state index contributed by atoms with van der Waals surface area (Å²) in [5, 5.41) is 16.4. The fraction of sp³-hybridized carbons (Fsp3) is 0.227. The third-order valence-electron chi connectivity index (χ3n) is 9.74. The maximum atomic E-state index is 12.0. The van der Waals surface area contributed by atoms with Gasteiger partial charge >= 0.3 is 0 Å². The number of phenols is 1.